The van der Waals surface area contributed by atoms with Gasteiger partial charge in [0.25, 0.3) is 0 Å². The lowest BCUT2D eigenvalue weighted by Crippen LogP contribution is -2.33. The number of para-hydroxylation sites is 2. The van der Waals surface area contributed by atoms with Crippen LogP contribution in [0.3, 0.4) is 0 Å². The fourth-order valence-corrected chi connectivity index (χ4v) is 9.52. The summed E-state index contributed by atoms with van der Waals surface area (Å²) < 4.78 is 2.50. The number of benzene rings is 6. The van der Waals surface area contributed by atoms with Crippen molar-refractivity contribution in [3.05, 3.63) is 180 Å². The molecule has 71 heavy (non-hydrogen) atoms. The molecule has 1 atom stereocenters. The molecule has 3 aromatic heterocycles. The van der Waals surface area contributed by atoms with Crippen molar-refractivity contribution < 1.29 is 0 Å². The average Bonchev–Trinajstić information content (AvgIpc) is 3.93. The molecule has 0 radical (unpaired) electrons. The van der Waals surface area contributed by atoms with E-state index in [0.717, 1.165) is 32.9 Å². The van der Waals surface area contributed by atoms with E-state index in [2.05, 4.69) is 243 Å². The summed E-state index contributed by atoms with van der Waals surface area (Å²) >= 11 is 0. The van der Waals surface area contributed by atoms with Crippen molar-refractivity contribution in [3.8, 4) is 159 Å². The van der Waals surface area contributed by atoms with Crippen molar-refractivity contribution in [2.75, 3.05) is 0 Å². The number of terminal acetylenes is 1. The van der Waals surface area contributed by atoms with Gasteiger partial charge in [0.05, 0.1) is 39.7 Å². The highest BCUT2D eigenvalue weighted by Crippen LogP contribution is 2.61. The molecule has 0 amide bonds. The second-order valence-corrected chi connectivity index (χ2v) is 15.6. The van der Waals surface area contributed by atoms with Crippen molar-refractivity contribution in [1.82, 2.24) is 14.5 Å². The second-order valence-electron chi connectivity index (χ2n) is 15.6. The van der Waals surface area contributed by atoms with Crippen LogP contribution >= 0.6 is 0 Å². The highest BCUT2D eigenvalue weighted by Gasteiger charge is 2.51. The summed E-state index contributed by atoms with van der Waals surface area (Å²) in [4.78, 5) is 13.4. The fourth-order valence-electron chi connectivity index (χ4n) is 9.52. The average molecular weight is 889 g/mol. The summed E-state index contributed by atoms with van der Waals surface area (Å²) in [5, 5.41) is 4.66. The Morgan fingerprint density at radius 3 is 1.62 bits per heavy atom. The summed E-state index contributed by atoms with van der Waals surface area (Å²) in [5.41, 5.74) is 15.5. The molecule has 316 valence electrons. The minimum Gasteiger partial charge on any atom is -0.308 e. The van der Waals surface area contributed by atoms with Crippen LogP contribution in [0.15, 0.2) is 146 Å². The lowest BCUT2D eigenvalue weighted by atomic mass is 9.65. The molecule has 0 N–H and O–H groups in total. The van der Waals surface area contributed by atoms with E-state index >= 15 is 0 Å². The van der Waals surface area contributed by atoms with Crippen LogP contribution in [0.2, 0.25) is 0 Å². The molecule has 0 fully saturated rings. The number of hydrogen-bond acceptors (Lipinski definition) is 2. The van der Waals surface area contributed by atoms with Crippen LogP contribution < -0.4 is 0 Å². The Kier molecular flexibility index (Phi) is 12.0. The number of pyridine rings is 2. The normalized spacial score (nSPS) is 11.8. The van der Waals surface area contributed by atoms with Crippen LogP contribution in [-0.2, 0) is 5.41 Å². The van der Waals surface area contributed by atoms with Gasteiger partial charge in [-0.05, 0) is 176 Å². The van der Waals surface area contributed by atoms with E-state index in [1.165, 1.54) is 60.9 Å². The highest BCUT2D eigenvalue weighted by molar-refractivity contribution is 6.31. The van der Waals surface area contributed by atoms with Gasteiger partial charge in [-0.2, -0.15) is 0 Å². The second kappa shape index (κ2) is 19.6. The van der Waals surface area contributed by atoms with Gasteiger partial charge < -0.3 is 4.57 Å². The molecule has 4 heteroatoms. The largest absolute Gasteiger partial charge is 0.308 e. The third kappa shape index (κ3) is 7.75. The van der Waals surface area contributed by atoms with Gasteiger partial charge in [-0.3, -0.25) is 9.97 Å². The molecule has 0 bridgehead atoms. The first-order chi connectivity index (χ1) is 35.2. The Balaban J connectivity index is 0.000000217. The maximum absolute atomic E-state index is 7.40. The number of rotatable bonds is 1. The summed E-state index contributed by atoms with van der Waals surface area (Å²) in [6.45, 7) is 9.10. The van der Waals surface area contributed by atoms with Gasteiger partial charge in [0.2, 0.25) is 0 Å². The first-order valence-electron chi connectivity index (χ1n) is 22.0. The van der Waals surface area contributed by atoms with Gasteiger partial charge in [-0.1, -0.05) is 109 Å². The van der Waals surface area contributed by atoms with Gasteiger partial charge in [-0.15, -0.1) is 6.42 Å². The molecule has 6 aromatic carbocycles. The monoisotopic (exact) mass is 888 g/mol. The molecule has 11 rings (SSSR count). The Morgan fingerprint density at radius 2 is 0.986 bits per heavy atom. The van der Waals surface area contributed by atoms with Gasteiger partial charge >= 0.3 is 0 Å². The highest BCUT2D eigenvalue weighted by atomic mass is 15.0. The minimum absolute atomic E-state index is 0.513. The van der Waals surface area contributed by atoms with Gasteiger partial charge in [-0.25, -0.2) is 4.85 Å². The molecule has 4 heterocycles. The third-order valence-electron chi connectivity index (χ3n) is 12.0. The number of nitrogens with zero attached hydrogens (tertiary/aromatic N) is 4. The molecular weight excluding hydrogens is 861 g/mol. The van der Waals surface area contributed by atoms with E-state index in [1.807, 2.05) is 36.7 Å². The molecule has 1 aliphatic carbocycles. The predicted molar refractivity (Wildman–Crippen MR) is 286 cm³/mol. The Labute approximate surface area is 412 Å². The lowest BCUT2D eigenvalue weighted by Gasteiger charge is -2.39. The standard InChI is InChI=1S/C44H24N4.C23H4/c1-45-28-20-17-26(18-21-28)27-19-22-35-33(25-27)29-9-2-3-13-34(29)44(35)36-14-4-5-16-38(36)48-42-31(10-6-15-37(42)44)39-30-11-7-23-46-40(30)41-32(43(39)48)12-8-24-47-41;1-3-5-7-9-11-13-15-17-19-21-23-22-20-18-16-14-12-10-8-6-4-2/h2-25H;1H,2H3. The topological polar surface area (TPSA) is 35.1 Å². The number of fused-ring (bicyclic) bond motifs is 17. The third-order valence-corrected chi connectivity index (χ3v) is 12.0. The van der Waals surface area contributed by atoms with Crippen molar-refractivity contribution in [1.29, 1.82) is 0 Å². The molecule has 1 aliphatic heterocycles. The van der Waals surface area contributed by atoms with Crippen LogP contribution in [0.25, 0.3) is 76.4 Å². The van der Waals surface area contributed by atoms with Crippen molar-refractivity contribution >= 4 is 49.3 Å². The van der Waals surface area contributed by atoms with Crippen LogP contribution in [0.1, 0.15) is 29.2 Å². The quantitative estimate of drug-likeness (QED) is 0.0935. The predicted octanol–water partition coefficient (Wildman–Crippen LogP) is 11.4. The van der Waals surface area contributed by atoms with Crippen molar-refractivity contribution in [2.45, 2.75) is 12.3 Å². The van der Waals surface area contributed by atoms with Crippen molar-refractivity contribution in [3.63, 3.8) is 0 Å². The van der Waals surface area contributed by atoms with Crippen LogP contribution in [0, 0.1) is 137 Å². The van der Waals surface area contributed by atoms with E-state index < -0.39 is 5.41 Å². The number of hydrogen-bond donors (Lipinski definition) is 0. The SMILES string of the molecule is C#CC#CC#CC#CC#CC#CC#CC#CC#CC#CC#CC.[C-]#[N+]c1ccc(-c2ccc3c(c2)-c2ccccc2C32c3ccccc3-n3c4c2cccc4c2c4cccnc4c4ncccc4c23)cc1. The summed E-state index contributed by atoms with van der Waals surface area (Å²) in [6, 6.07) is 48.1. The van der Waals surface area contributed by atoms with E-state index in [1.54, 1.807) is 6.92 Å². The molecule has 2 aliphatic rings. The van der Waals surface area contributed by atoms with Crippen LogP contribution in [0.5, 0.6) is 0 Å². The Bertz CT molecular complexity index is 4560. The first-order valence-corrected chi connectivity index (χ1v) is 22.0. The zero-order valence-electron chi connectivity index (χ0n) is 37.7. The zero-order chi connectivity index (χ0) is 48.4. The van der Waals surface area contributed by atoms with E-state index in [9.17, 15) is 0 Å². The van der Waals surface area contributed by atoms with E-state index in [0.29, 0.717) is 5.69 Å². The maximum atomic E-state index is 7.40. The molecule has 0 saturated heterocycles. The molecular formula is C67H28N4. The zero-order valence-corrected chi connectivity index (χ0v) is 37.7. The van der Waals surface area contributed by atoms with Crippen molar-refractivity contribution in [2.24, 2.45) is 0 Å². The lowest BCUT2D eigenvalue weighted by molar-refractivity contribution is 0.749. The van der Waals surface area contributed by atoms with Crippen LogP contribution in [-0.4, -0.2) is 14.5 Å². The molecule has 9 aromatic rings. The molecule has 4 nitrogen and oxygen atoms in total. The van der Waals surface area contributed by atoms with Gasteiger partial charge in [0.1, 0.15) is 0 Å². The van der Waals surface area contributed by atoms with E-state index in [4.69, 9.17) is 23.0 Å². The first kappa shape index (κ1) is 43.5. The van der Waals surface area contributed by atoms with E-state index in [-0.39, 0.29) is 0 Å². The fraction of sp³-hybridized carbons (Fsp3) is 0.0299. The molecule has 1 spiro atoms. The smallest absolute Gasteiger partial charge is 0.187 e. The Hall–Kier alpha value is -11.4. The summed E-state index contributed by atoms with van der Waals surface area (Å²) in [5.74, 6) is 51.9. The molecule has 1 unspecified atom stereocenters. The molecule has 0 saturated carbocycles. The van der Waals surface area contributed by atoms with Gasteiger partial charge in [0, 0.05) is 57.6 Å². The Morgan fingerprint density at radius 1 is 0.465 bits per heavy atom. The summed E-state index contributed by atoms with van der Waals surface area (Å²) in [7, 11) is 0. The number of aromatic nitrogens is 3. The van der Waals surface area contributed by atoms with Crippen LogP contribution in [0.4, 0.5) is 5.69 Å². The summed E-state index contributed by atoms with van der Waals surface area (Å²) in [6.07, 6.45) is 8.64. The maximum Gasteiger partial charge on any atom is 0.187 e. The minimum atomic E-state index is -0.513. The van der Waals surface area contributed by atoms with Gasteiger partial charge in [0.15, 0.2) is 5.69 Å².